The van der Waals surface area contributed by atoms with Crippen molar-refractivity contribution >= 4 is 40.0 Å². The molecule has 2 N–H and O–H groups in total. The Labute approximate surface area is 151 Å². The number of halogens is 3. The molecule has 1 aromatic rings. The van der Waals surface area contributed by atoms with Crippen molar-refractivity contribution in [3.8, 4) is 0 Å². The zero-order valence-corrected chi connectivity index (χ0v) is 12.9. The molecule has 0 saturated heterocycles. The van der Waals surface area contributed by atoms with Gasteiger partial charge >= 0.3 is 34.8 Å². The van der Waals surface area contributed by atoms with E-state index in [1.165, 1.54) is 0 Å². The third-order valence-corrected chi connectivity index (χ3v) is 2.83. The van der Waals surface area contributed by atoms with Crippen LogP contribution in [0.3, 0.4) is 0 Å². The molecule has 0 aromatic heterocycles. The SMILES string of the molecule is O=C(Nc1c([N+](=O)[O-])c([N+](=O)[O-])c(N[N+](=O)[O-])c([N+](=O)[O-])c1[N+](=O)[O-])C(F)(F)F. The third-order valence-electron chi connectivity index (χ3n) is 2.83. The highest BCUT2D eigenvalue weighted by Crippen LogP contribution is 2.53. The van der Waals surface area contributed by atoms with Crippen LogP contribution in [0.15, 0.2) is 0 Å². The second-order valence-corrected chi connectivity index (χ2v) is 4.49. The molecule has 1 amide bonds. The van der Waals surface area contributed by atoms with Crippen molar-refractivity contribution < 1.29 is 42.7 Å². The van der Waals surface area contributed by atoms with E-state index >= 15 is 0 Å². The number of benzene rings is 1. The largest absolute Gasteiger partial charge is 0.471 e. The minimum absolute atomic E-state index is 0.599. The van der Waals surface area contributed by atoms with Crippen LogP contribution in [-0.2, 0) is 4.79 Å². The number of rotatable bonds is 7. The number of hydrogen-bond donors (Lipinski definition) is 2. The molecule has 29 heavy (non-hydrogen) atoms. The molecule has 0 bridgehead atoms. The van der Waals surface area contributed by atoms with Crippen LogP contribution < -0.4 is 10.7 Å². The second kappa shape index (κ2) is 7.49. The van der Waals surface area contributed by atoms with Crippen molar-refractivity contribution in [1.82, 2.24) is 0 Å². The average Bonchev–Trinajstić information content (AvgIpc) is 2.51. The smallest absolute Gasteiger partial charge is 0.306 e. The van der Waals surface area contributed by atoms with E-state index in [0.29, 0.717) is 5.32 Å². The normalized spacial score (nSPS) is 10.7. The summed E-state index contributed by atoms with van der Waals surface area (Å²) in [7, 11) is 0. The highest BCUT2D eigenvalue weighted by Gasteiger charge is 2.52. The Kier molecular flexibility index (Phi) is 5.76. The van der Waals surface area contributed by atoms with E-state index in [4.69, 9.17) is 0 Å². The van der Waals surface area contributed by atoms with Crippen molar-refractivity contribution in [2.45, 2.75) is 6.18 Å². The molecule has 0 atom stereocenters. The van der Waals surface area contributed by atoms with Gasteiger partial charge in [0.05, 0.1) is 19.7 Å². The van der Waals surface area contributed by atoms with Gasteiger partial charge in [-0.1, -0.05) is 5.43 Å². The molecule has 0 aliphatic rings. The zero-order chi connectivity index (χ0) is 22.8. The van der Waals surface area contributed by atoms with E-state index in [0.717, 1.165) is 5.43 Å². The van der Waals surface area contributed by atoms with Crippen LogP contribution >= 0.6 is 0 Å². The number of amides is 1. The van der Waals surface area contributed by atoms with Crippen LogP contribution in [0.4, 0.5) is 47.3 Å². The van der Waals surface area contributed by atoms with Gasteiger partial charge in [-0.15, -0.1) is 0 Å². The molecule has 0 aliphatic carbocycles. The summed E-state index contributed by atoms with van der Waals surface area (Å²) in [6, 6.07) is 0. The molecule has 156 valence electrons. The Morgan fingerprint density at radius 3 is 1.24 bits per heavy atom. The molecule has 21 heteroatoms. The number of anilines is 2. The standard InChI is InChI=1S/C8H2F3N7O11/c9-8(10,11)7(19)12-1-3(14(20)21)5(16(24)25)2(13-18(28)29)6(17(26)27)4(1)15(22)23/h13H,(H,12,19). The first-order chi connectivity index (χ1) is 13.1. The minimum atomic E-state index is -5.83. The van der Waals surface area contributed by atoms with Crippen LogP contribution in [-0.4, -0.2) is 36.8 Å². The van der Waals surface area contributed by atoms with E-state index in [9.17, 15) is 68.5 Å². The van der Waals surface area contributed by atoms with Crippen molar-refractivity contribution in [3.63, 3.8) is 0 Å². The highest BCUT2D eigenvalue weighted by atomic mass is 19.4. The summed E-state index contributed by atoms with van der Waals surface area (Å²) in [5.41, 5.74) is -12.2. The van der Waals surface area contributed by atoms with Crippen LogP contribution in [0.25, 0.3) is 0 Å². The van der Waals surface area contributed by atoms with Gasteiger partial charge in [-0.25, -0.2) is 10.1 Å². The number of nitrogens with zero attached hydrogens (tertiary/aromatic N) is 5. The topological polar surface area (TPSA) is 257 Å². The van der Waals surface area contributed by atoms with E-state index in [1.54, 1.807) is 0 Å². The lowest BCUT2D eigenvalue weighted by Crippen LogP contribution is -2.31. The lowest BCUT2D eigenvalue weighted by Gasteiger charge is -2.10. The number of carbonyl (C=O) groups is 1. The number of hydrogen-bond acceptors (Lipinski definition) is 11. The van der Waals surface area contributed by atoms with Gasteiger partial charge in [0, 0.05) is 0 Å². The lowest BCUT2D eigenvalue weighted by atomic mass is 10.1. The molecular formula is C8H2F3N7O11. The predicted octanol–water partition coefficient (Wildman–Crippen LogP) is 1.42. The fourth-order valence-corrected chi connectivity index (χ4v) is 1.91. The Morgan fingerprint density at radius 1 is 0.690 bits per heavy atom. The zero-order valence-electron chi connectivity index (χ0n) is 12.9. The van der Waals surface area contributed by atoms with Crippen LogP contribution in [0.2, 0.25) is 0 Å². The maximum absolute atomic E-state index is 12.4. The number of nitro benzene ring substituents is 4. The summed E-state index contributed by atoms with van der Waals surface area (Å²) in [5.74, 6) is -3.11. The first kappa shape index (κ1) is 22.3. The number of nitrogens with one attached hydrogen (secondary N) is 2. The summed E-state index contributed by atoms with van der Waals surface area (Å²) < 4.78 is 37.3. The highest BCUT2D eigenvalue weighted by molar-refractivity contribution is 6.05. The van der Waals surface area contributed by atoms with Gasteiger partial charge in [-0.05, 0) is 0 Å². The third kappa shape index (κ3) is 4.34. The monoisotopic (exact) mass is 429 g/mol. The summed E-state index contributed by atoms with van der Waals surface area (Å²) >= 11 is 0. The van der Waals surface area contributed by atoms with Gasteiger partial charge < -0.3 is 5.32 Å². The summed E-state index contributed by atoms with van der Waals surface area (Å²) in [4.78, 5) is 58.7. The molecule has 18 nitrogen and oxygen atoms in total. The summed E-state index contributed by atoms with van der Waals surface area (Å²) in [6.45, 7) is 0. The molecular weight excluding hydrogens is 427 g/mol. The number of nitro groups is 5. The molecule has 0 aliphatic heterocycles. The Morgan fingerprint density at radius 2 is 1.00 bits per heavy atom. The molecule has 0 fully saturated rings. The van der Waals surface area contributed by atoms with Crippen molar-refractivity contribution in [1.29, 1.82) is 0 Å². The predicted molar refractivity (Wildman–Crippen MR) is 78.4 cm³/mol. The number of hydrazine groups is 1. The first-order valence-electron chi connectivity index (χ1n) is 6.21. The Balaban J connectivity index is 4.30. The Hall–Kier alpha value is -4.72. The van der Waals surface area contributed by atoms with Gasteiger partial charge in [0.2, 0.25) is 5.69 Å². The molecule has 0 heterocycles. The lowest BCUT2D eigenvalue weighted by molar-refractivity contribution is -0.454. The van der Waals surface area contributed by atoms with Gasteiger partial charge in [-0.2, -0.15) is 13.2 Å². The number of carbonyl (C=O) groups excluding carboxylic acids is 1. The maximum atomic E-state index is 12.4. The Bertz CT molecular complexity index is 921. The summed E-state index contributed by atoms with van der Waals surface area (Å²) in [6.07, 6.45) is -5.83. The molecule has 0 saturated carbocycles. The van der Waals surface area contributed by atoms with Crippen LogP contribution in [0, 0.1) is 50.6 Å². The number of alkyl halides is 3. The van der Waals surface area contributed by atoms with Crippen molar-refractivity contribution in [3.05, 3.63) is 50.6 Å². The van der Waals surface area contributed by atoms with Crippen molar-refractivity contribution in [2.75, 3.05) is 10.7 Å². The fourth-order valence-electron chi connectivity index (χ4n) is 1.91. The van der Waals surface area contributed by atoms with Crippen LogP contribution in [0.1, 0.15) is 0 Å². The average molecular weight is 429 g/mol. The van der Waals surface area contributed by atoms with Crippen LogP contribution in [0.5, 0.6) is 0 Å². The minimum Gasteiger partial charge on any atom is -0.306 e. The summed E-state index contributed by atoms with van der Waals surface area (Å²) in [5, 5.41) is 54.0. The van der Waals surface area contributed by atoms with Gasteiger partial charge in [0.1, 0.15) is 0 Å². The fraction of sp³-hybridized carbons (Fsp3) is 0.125. The first-order valence-corrected chi connectivity index (χ1v) is 6.21. The molecule has 1 rings (SSSR count). The quantitative estimate of drug-likeness (QED) is 0.460. The molecule has 0 spiro atoms. The van der Waals surface area contributed by atoms with Crippen molar-refractivity contribution in [2.24, 2.45) is 0 Å². The molecule has 0 radical (unpaired) electrons. The van der Waals surface area contributed by atoms with E-state index in [2.05, 4.69) is 0 Å². The van der Waals surface area contributed by atoms with E-state index in [-0.39, 0.29) is 0 Å². The van der Waals surface area contributed by atoms with Gasteiger partial charge in [-0.3, -0.25) is 45.3 Å². The van der Waals surface area contributed by atoms with Gasteiger partial charge in [0.25, 0.3) is 5.69 Å². The van der Waals surface area contributed by atoms with E-state index in [1.807, 2.05) is 0 Å². The molecule has 1 aromatic carbocycles. The second-order valence-electron chi connectivity index (χ2n) is 4.49. The maximum Gasteiger partial charge on any atom is 0.471 e. The molecule has 0 unspecified atom stereocenters. The van der Waals surface area contributed by atoms with E-state index < -0.39 is 70.9 Å². The van der Waals surface area contributed by atoms with Gasteiger partial charge in [0.15, 0.2) is 5.03 Å².